The molecule has 1 aliphatic rings. The molecule has 0 amide bonds. The van der Waals surface area contributed by atoms with E-state index in [0.717, 1.165) is 0 Å². The predicted molar refractivity (Wildman–Crippen MR) is 83.8 cm³/mol. The second kappa shape index (κ2) is 4.94. The van der Waals surface area contributed by atoms with E-state index in [1.54, 1.807) is 0 Å². The van der Waals surface area contributed by atoms with Gasteiger partial charge in [-0.25, -0.2) is 0 Å². The maximum absolute atomic E-state index is 2.61. The highest BCUT2D eigenvalue weighted by molar-refractivity contribution is 7.90. The van der Waals surface area contributed by atoms with E-state index >= 15 is 0 Å². The lowest BCUT2D eigenvalue weighted by atomic mass is 10.5. The quantitative estimate of drug-likeness (QED) is 0.651. The van der Waals surface area contributed by atoms with Gasteiger partial charge in [0.1, 0.15) is 0 Å². The van der Waals surface area contributed by atoms with Gasteiger partial charge in [-0.1, -0.05) is 58.2 Å². The van der Waals surface area contributed by atoms with Crippen LogP contribution in [0.5, 0.6) is 0 Å². The third-order valence-corrected chi connectivity index (χ3v) is 112. The lowest BCUT2D eigenvalue weighted by Gasteiger charge is -2.43. The van der Waals surface area contributed by atoms with Crippen LogP contribution in [-0.4, -0.2) is 40.6 Å². The van der Waals surface area contributed by atoms with Crippen molar-refractivity contribution in [1.82, 2.24) is 0 Å². The van der Waals surface area contributed by atoms with Crippen LogP contribution in [0.3, 0.4) is 0 Å². The van der Waals surface area contributed by atoms with Gasteiger partial charge in [-0.2, -0.15) is 0 Å². The van der Waals surface area contributed by atoms with Crippen molar-refractivity contribution in [2.24, 2.45) is 0 Å². The lowest BCUT2D eigenvalue weighted by molar-refractivity contribution is 0.940. The largest absolute Gasteiger partial charge is 0.0659 e. The predicted octanol–water partition coefficient (Wildman–Crippen LogP) is 0.314. The smallest absolute Gasteiger partial charge is 0.0304 e. The highest BCUT2D eigenvalue weighted by Crippen LogP contribution is 2.38. The summed E-state index contributed by atoms with van der Waals surface area (Å²) < 4.78 is 0. The van der Waals surface area contributed by atoms with Crippen LogP contribution in [0.25, 0.3) is 0 Å². The van der Waals surface area contributed by atoms with E-state index in [4.69, 9.17) is 0 Å². The van der Waals surface area contributed by atoms with Gasteiger partial charge in [0.25, 0.3) is 0 Å². The molecule has 1 aliphatic heterocycles. The molecule has 0 aromatic heterocycles. The normalized spacial score (nSPS) is 31.9. The molecule has 0 N–H and O–H groups in total. The van der Waals surface area contributed by atoms with E-state index < -0.39 is 7.11 Å². The number of hydrogen-bond acceptors (Lipinski definition) is 0. The number of hydrogen-bond donors (Lipinski definition) is 0. The Hall–Kier alpha value is 1.08. The van der Waals surface area contributed by atoms with Crippen molar-refractivity contribution < 1.29 is 0 Å². The minimum atomic E-state index is -0.578. The molecule has 1 saturated heterocycles. The molecular formula is C9H28Si5. The van der Waals surface area contributed by atoms with Crippen molar-refractivity contribution in [3.8, 4) is 0 Å². The second-order valence-corrected chi connectivity index (χ2v) is 53.1. The molecular weight excluding hydrogens is 249 g/mol. The summed E-state index contributed by atoms with van der Waals surface area (Å²) in [6.07, 6.45) is 0. The monoisotopic (exact) mass is 276 g/mol. The van der Waals surface area contributed by atoms with E-state index in [2.05, 4.69) is 41.5 Å². The Kier molecular flexibility index (Phi) is 4.64. The van der Waals surface area contributed by atoms with E-state index in [1.807, 2.05) is 0 Å². The Morgan fingerprint density at radius 2 is 1.43 bits per heavy atom. The van der Waals surface area contributed by atoms with Crippen molar-refractivity contribution in [3.63, 3.8) is 0 Å². The molecule has 0 saturated carbocycles. The molecule has 84 valence electrons. The fourth-order valence-corrected chi connectivity index (χ4v) is 223. The summed E-state index contributed by atoms with van der Waals surface area (Å²) in [5, 5.41) is 0. The summed E-state index contributed by atoms with van der Waals surface area (Å²) in [5.41, 5.74) is 3.55. The van der Waals surface area contributed by atoms with Crippen LogP contribution in [0, 0.1) is 0 Å². The first-order valence-corrected chi connectivity index (χ1v) is 24.7. The lowest BCUT2D eigenvalue weighted by Crippen LogP contribution is -2.59. The molecule has 0 aromatic rings. The third-order valence-electron chi connectivity index (χ3n) is 4.77. The maximum Gasteiger partial charge on any atom is 0.0304 e. The Balaban J connectivity index is 2.95. The standard InChI is InChI=1S/C9H28Si5/c1-7(2)13-11-10-12-14(13,8(3)4)9(5)6/h7-9,13H,10-12H2,1-6H3. The van der Waals surface area contributed by atoms with Crippen molar-refractivity contribution in [1.29, 1.82) is 0 Å². The second-order valence-electron chi connectivity index (χ2n) is 6.16. The highest BCUT2D eigenvalue weighted by Gasteiger charge is 2.50. The highest BCUT2D eigenvalue weighted by atomic mass is 30.1. The van der Waals surface area contributed by atoms with Gasteiger partial charge < -0.3 is 0 Å². The molecule has 0 bridgehead atoms. The summed E-state index contributed by atoms with van der Waals surface area (Å²) in [5.74, 6) is 0. The van der Waals surface area contributed by atoms with Crippen molar-refractivity contribution >= 4 is 40.6 Å². The maximum atomic E-state index is 2.61. The first-order chi connectivity index (χ1) is 6.43. The van der Waals surface area contributed by atoms with Crippen LogP contribution in [-0.2, 0) is 0 Å². The first-order valence-electron chi connectivity index (χ1n) is 6.43. The molecule has 1 atom stereocenters. The van der Waals surface area contributed by atoms with Crippen LogP contribution < -0.4 is 0 Å². The van der Waals surface area contributed by atoms with Gasteiger partial charge in [0.05, 0.1) is 0 Å². The van der Waals surface area contributed by atoms with Gasteiger partial charge in [0.15, 0.2) is 0 Å². The van der Waals surface area contributed by atoms with E-state index in [0.29, 0.717) is 25.7 Å². The molecule has 1 fully saturated rings. The van der Waals surface area contributed by atoms with Crippen LogP contribution in [0.2, 0.25) is 16.6 Å². The summed E-state index contributed by atoms with van der Waals surface area (Å²) in [6.45, 7) is 15.6. The molecule has 0 aromatic carbocycles. The molecule has 0 spiro atoms. The fourth-order valence-electron chi connectivity index (χ4n) is 4.14. The molecule has 0 nitrogen and oxygen atoms in total. The molecule has 5 heteroatoms. The van der Waals surface area contributed by atoms with Crippen molar-refractivity contribution in [2.45, 2.75) is 58.2 Å². The van der Waals surface area contributed by atoms with Crippen LogP contribution >= 0.6 is 0 Å². The van der Waals surface area contributed by atoms with Crippen LogP contribution in [0.1, 0.15) is 41.5 Å². The zero-order chi connectivity index (χ0) is 10.9. The zero-order valence-electron chi connectivity index (χ0n) is 10.9. The first kappa shape index (κ1) is 13.2. The Morgan fingerprint density at radius 1 is 0.929 bits per heavy atom. The third kappa shape index (κ3) is 2.11. The van der Waals surface area contributed by atoms with Gasteiger partial charge in [0.2, 0.25) is 0 Å². The molecule has 1 rings (SSSR count). The molecule has 1 unspecified atom stereocenters. The number of rotatable bonds is 3. The van der Waals surface area contributed by atoms with Crippen molar-refractivity contribution in [3.05, 3.63) is 0 Å². The van der Waals surface area contributed by atoms with Gasteiger partial charge in [-0.15, -0.1) is 0 Å². The minimum Gasteiger partial charge on any atom is -0.0659 e. The summed E-state index contributed by atoms with van der Waals surface area (Å²) in [7, 11) is 1.15. The topological polar surface area (TPSA) is 0 Å². The summed E-state index contributed by atoms with van der Waals surface area (Å²) in [4.78, 5) is 0. The van der Waals surface area contributed by atoms with Gasteiger partial charge in [-0.05, 0) is 25.7 Å². The molecule has 0 radical (unpaired) electrons. The Bertz CT molecular complexity index is 182. The van der Waals surface area contributed by atoms with E-state index in [1.165, 1.54) is 16.6 Å². The average Bonchev–Trinajstić information content (AvgIpc) is 2.47. The Morgan fingerprint density at radius 3 is 1.71 bits per heavy atom. The van der Waals surface area contributed by atoms with Gasteiger partial charge in [0, 0.05) is 14.9 Å². The minimum absolute atomic E-state index is 0.120. The fraction of sp³-hybridized carbons (Fsp3) is 1.00. The summed E-state index contributed by atoms with van der Waals surface area (Å²) >= 11 is 0. The van der Waals surface area contributed by atoms with E-state index in [-0.39, 0.29) is 7.83 Å². The molecule has 1 heterocycles. The molecule has 14 heavy (non-hydrogen) atoms. The van der Waals surface area contributed by atoms with E-state index in [9.17, 15) is 0 Å². The van der Waals surface area contributed by atoms with Crippen LogP contribution in [0.4, 0.5) is 0 Å². The summed E-state index contributed by atoms with van der Waals surface area (Å²) in [6, 6.07) is 0. The molecule has 0 aliphatic carbocycles. The van der Waals surface area contributed by atoms with Crippen molar-refractivity contribution in [2.75, 3.05) is 0 Å². The van der Waals surface area contributed by atoms with Gasteiger partial charge in [-0.3, -0.25) is 0 Å². The Labute approximate surface area is 98.7 Å². The van der Waals surface area contributed by atoms with Gasteiger partial charge >= 0.3 is 0 Å². The average molecular weight is 277 g/mol. The SMILES string of the molecule is CC(C)[SiH]1[SiH2][SiH2][SiH2][Si]1(C(C)C)C(C)C. The van der Waals surface area contributed by atoms with Crippen LogP contribution in [0.15, 0.2) is 0 Å². The zero-order valence-corrected chi connectivity index (χ0v) is 17.3.